The molecule has 6 heteroatoms. The van der Waals surface area contributed by atoms with Gasteiger partial charge in [0.25, 0.3) is 0 Å². The van der Waals surface area contributed by atoms with E-state index in [2.05, 4.69) is 39.2 Å². The number of carbonyl (C=O) groups excluding carboxylic acids is 1. The molecule has 98 valence electrons. The summed E-state index contributed by atoms with van der Waals surface area (Å²) in [5, 5.41) is 4.18. The average Bonchev–Trinajstić information content (AvgIpc) is 2.75. The summed E-state index contributed by atoms with van der Waals surface area (Å²) >= 11 is 3.27. The van der Waals surface area contributed by atoms with Crippen LogP contribution in [0.4, 0.5) is 0 Å². The van der Waals surface area contributed by atoms with Crippen LogP contribution in [-0.2, 0) is 16.1 Å². The van der Waals surface area contributed by atoms with E-state index in [1.807, 2.05) is 0 Å². The minimum Gasteiger partial charge on any atom is -0.462 e. The van der Waals surface area contributed by atoms with Crippen LogP contribution in [0.3, 0.4) is 0 Å². The molecule has 1 rings (SSSR count). The number of hydrogen-bond donors (Lipinski definition) is 0. The SMILES string of the molecule is C=CC(=C)c1ncn(CC(Br)C(=O)OC(C)C)n1. The molecule has 0 saturated carbocycles. The molecule has 0 aromatic carbocycles. The van der Waals surface area contributed by atoms with Gasteiger partial charge in [-0.25, -0.2) is 4.98 Å². The predicted molar refractivity (Wildman–Crippen MR) is 73.2 cm³/mol. The summed E-state index contributed by atoms with van der Waals surface area (Å²) < 4.78 is 6.64. The predicted octanol–water partition coefficient (Wildman–Crippen LogP) is 2.19. The highest BCUT2D eigenvalue weighted by atomic mass is 79.9. The van der Waals surface area contributed by atoms with Gasteiger partial charge in [0.2, 0.25) is 0 Å². The van der Waals surface area contributed by atoms with Crippen LogP contribution >= 0.6 is 15.9 Å². The van der Waals surface area contributed by atoms with E-state index in [4.69, 9.17) is 4.74 Å². The Kier molecular flexibility index (Phi) is 5.27. The van der Waals surface area contributed by atoms with E-state index in [0.717, 1.165) is 0 Å². The fourth-order valence-electron chi connectivity index (χ4n) is 1.17. The van der Waals surface area contributed by atoms with Gasteiger partial charge in [-0.15, -0.1) is 0 Å². The number of aromatic nitrogens is 3. The van der Waals surface area contributed by atoms with Gasteiger partial charge in [-0.2, -0.15) is 5.10 Å². The van der Waals surface area contributed by atoms with Gasteiger partial charge in [0, 0.05) is 5.57 Å². The Hall–Kier alpha value is -1.43. The van der Waals surface area contributed by atoms with Crippen molar-refractivity contribution in [2.75, 3.05) is 0 Å². The van der Waals surface area contributed by atoms with E-state index in [0.29, 0.717) is 17.9 Å². The van der Waals surface area contributed by atoms with E-state index in [9.17, 15) is 4.79 Å². The fourth-order valence-corrected chi connectivity index (χ4v) is 1.57. The first-order chi connectivity index (χ1) is 8.43. The molecule has 0 aliphatic carbocycles. The molecule has 0 aliphatic heterocycles. The maximum Gasteiger partial charge on any atom is 0.321 e. The lowest BCUT2D eigenvalue weighted by Crippen LogP contribution is -2.25. The van der Waals surface area contributed by atoms with E-state index in [-0.39, 0.29) is 12.1 Å². The molecule has 5 nitrogen and oxygen atoms in total. The van der Waals surface area contributed by atoms with Crippen LogP contribution in [0, 0.1) is 0 Å². The Morgan fingerprint density at radius 2 is 2.33 bits per heavy atom. The van der Waals surface area contributed by atoms with Gasteiger partial charge in [-0.3, -0.25) is 9.48 Å². The third-order valence-electron chi connectivity index (χ3n) is 2.03. The minimum atomic E-state index is -0.452. The number of allylic oxidation sites excluding steroid dienone is 2. The lowest BCUT2D eigenvalue weighted by molar-refractivity contribution is -0.146. The van der Waals surface area contributed by atoms with Crippen molar-refractivity contribution in [3.8, 4) is 0 Å². The van der Waals surface area contributed by atoms with Crippen LogP contribution in [0.5, 0.6) is 0 Å². The lowest BCUT2D eigenvalue weighted by Gasteiger charge is -2.12. The zero-order valence-corrected chi connectivity index (χ0v) is 12.1. The van der Waals surface area contributed by atoms with Crippen molar-refractivity contribution >= 4 is 27.5 Å². The molecule has 1 aromatic rings. The van der Waals surface area contributed by atoms with Gasteiger partial charge < -0.3 is 4.74 Å². The minimum absolute atomic E-state index is 0.135. The third kappa shape index (κ3) is 4.10. The first-order valence-corrected chi connectivity index (χ1v) is 6.41. The van der Waals surface area contributed by atoms with E-state index in [1.54, 1.807) is 30.9 Å². The zero-order chi connectivity index (χ0) is 13.7. The zero-order valence-electron chi connectivity index (χ0n) is 10.5. The van der Waals surface area contributed by atoms with Gasteiger partial charge in [0.15, 0.2) is 5.82 Å². The molecule has 1 atom stereocenters. The van der Waals surface area contributed by atoms with Crippen LogP contribution in [0.1, 0.15) is 19.7 Å². The molecule has 0 fully saturated rings. The van der Waals surface area contributed by atoms with Crippen molar-refractivity contribution in [3.63, 3.8) is 0 Å². The molecule has 0 radical (unpaired) electrons. The van der Waals surface area contributed by atoms with Crippen LogP contribution in [-0.4, -0.2) is 31.7 Å². The first-order valence-electron chi connectivity index (χ1n) is 5.49. The number of nitrogens with zero attached hydrogens (tertiary/aromatic N) is 3. The number of rotatable bonds is 6. The normalized spacial score (nSPS) is 12.2. The second kappa shape index (κ2) is 6.49. The fraction of sp³-hybridized carbons (Fsp3) is 0.417. The number of carbonyl (C=O) groups is 1. The van der Waals surface area contributed by atoms with Gasteiger partial charge in [-0.05, 0) is 13.8 Å². The van der Waals surface area contributed by atoms with E-state index < -0.39 is 4.83 Å². The molecular weight excluding hydrogens is 298 g/mol. The average molecular weight is 314 g/mol. The van der Waals surface area contributed by atoms with Crippen LogP contribution in [0.15, 0.2) is 25.6 Å². The third-order valence-corrected chi connectivity index (χ3v) is 2.69. The molecule has 0 spiro atoms. The smallest absolute Gasteiger partial charge is 0.321 e. The molecule has 1 heterocycles. The maximum absolute atomic E-state index is 11.6. The molecule has 1 unspecified atom stereocenters. The number of halogens is 1. The van der Waals surface area contributed by atoms with E-state index >= 15 is 0 Å². The van der Waals surface area contributed by atoms with Crippen molar-refractivity contribution in [2.24, 2.45) is 0 Å². The van der Waals surface area contributed by atoms with Gasteiger partial charge >= 0.3 is 5.97 Å². The van der Waals surface area contributed by atoms with Crippen molar-refractivity contribution in [2.45, 2.75) is 31.3 Å². The van der Waals surface area contributed by atoms with Crippen LogP contribution in [0.2, 0.25) is 0 Å². The highest BCUT2D eigenvalue weighted by Crippen LogP contribution is 2.10. The van der Waals surface area contributed by atoms with Crippen molar-refractivity contribution < 1.29 is 9.53 Å². The Morgan fingerprint density at radius 1 is 1.67 bits per heavy atom. The highest BCUT2D eigenvalue weighted by Gasteiger charge is 2.19. The standard InChI is InChI=1S/C12H16BrN3O2/c1-5-9(4)11-14-7-16(15-11)6-10(13)12(17)18-8(2)3/h5,7-8,10H,1,4,6H2,2-3H3. The highest BCUT2D eigenvalue weighted by molar-refractivity contribution is 9.10. The topological polar surface area (TPSA) is 57.0 Å². The summed E-state index contributed by atoms with van der Waals surface area (Å²) in [6.45, 7) is 11.3. The summed E-state index contributed by atoms with van der Waals surface area (Å²) in [5.41, 5.74) is 0.643. The lowest BCUT2D eigenvalue weighted by atomic mass is 10.3. The van der Waals surface area contributed by atoms with E-state index in [1.165, 1.54) is 0 Å². The van der Waals surface area contributed by atoms with Gasteiger partial charge in [0.1, 0.15) is 11.2 Å². The Balaban J connectivity index is 2.62. The Bertz CT molecular complexity index is 454. The quantitative estimate of drug-likeness (QED) is 0.459. The summed E-state index contributed by atoms with van der Waals surface area (Å²) in [6.07, 6.45) is 2.99. The van der Waals surface area contributed by atoms with Crippen LogP contribution < -0.4 is 0 Å². The number of esters is 1. The Morgan fingerprint density at radius 3 is 2.89 bits per heavy atom. The first kappa shape index (κ1) is 14.6. The Labute approximate surface area is 115 Å². The number of hydrogen-bond acceptors (Lipinski definition) is 4. The molecule has 1 aromatic heterocycles. The second-order valence-electron chi connectivity index (χ2n) is 3.97. The van der Waals surface area contributed by atoms with Crippen molar-refractivity contribution in [3.05, 3.63) is 31.4 Å². The molecule has 0 saturated heterocycles. The van der Waals surface area contributed by atoms with Crippen molar-refractivity contribution in [1.29, 1.82) is 0 Å². The van der Waals surface area contributed by atoms with Gasteiger partial charge in [0.05, 0.1) is 12.6 Å². The van der Waals surface area contributed by atoms with Crippen molar-refractivity contribution in [1.82, 2.24) is 14.8 Å². The summed E-state index contributed by atoms with van der Waals surface area (Å²) in [4.78, 5) is 15.2. The largest absolute Gasteiger partial charge is 0.462 e. The second-order valence-corrected chi connectivity index (χ2v) is 5.08. The molecule has 0 bridgehead atoms. The molecule has 0 amide bonds. The van der Waals surface area contributed by atoms with Crippen LogP contribution in [0.25, 0.3) is 5.57 Å². The summed E-state index contributed by atoms with van der Waals surface area (Å²) in [6, 6.07) is 0. The summed E-state index contributed by atoms with van der Waals surface area (Å²) in [7, 11) is 0. The molecule has 18 heavy (non-hydrogen) atoms. The monoisotopic (exact) mass is 313 g/mol. The molecular formula is C12H16BrN3O2. The number of alkyl halides is 1. The molecule has 0 aliphatic rings. The maximum atomic E-state index is 11.6. The number of ether oxygens (including phenoxy) is 1. The van der Waals surface area contributed by atoms with Gasteiger partial charge in [-0.1, -0.05) is 35.2 Å². The summed E-state index contributed by atoms with van der Waals surface area (Å²) in [5.74, 6) is 0.187. The molecule has 0 N–H and O–H groups in total.